The lowest BCUT2D eigenvalue weighted by Gasteiger charge is -2.12. The minimum atomic E-state index is -0.114. The summed E-state index contributed by atoms with van der Waals surface area (Å²) < 4.78 is 13.1. The van der Waals surface area contributed by atoms with Crippen molar-refractivity contribution >= 4 is 23.4 Å². The van der Waals surface area contributed by atoms with Gasteiger partial charge >= 0.3 is 0 Å². The first-order valence-corrected chi connectivity index (χ1v) is 11.8. The van der Waals surface area contributed by atoms with Gasteiger partial charge in [-0.3, -0.25) is 9.36 Å². The van der Waals surface area contributed by atoms with Gasteiger partial charge in [-0.15, -0.1) is 10.2 Å². The normalized spacial score (nSPS) is 10.7. The van der Waals surface area contributed by atoms with Gasteiger partial charge in [0.15, 0.2) is 11.0 Å². The summed E-state index contributed by atoms with van der Waals surface area (Å²) in [5.74, 6) is 2.22. The van der Waals surface area contributed by atoms with E-state index in [4.69, 9.17) is 9.47 Å². The zero-order valence-corrected chi connectivity index (χ0v) is 20.1. The number of hydrogen-bond acceptors (Lipinski definition) is 6. The highest BCUT2D eigenvalue weighted by molar-refractivity contribution is 7.99. The lowest BCUT2D eigenvalue weighted by Crippen LogP contribution is -2.15. The number of nitrogens with one attached hydrogen (secondary N) is 1. The monoisotopic (exact) mass is 474 g/mol. The van der Waals surface area contributed by atoms with Gasteiger partial charge in [-0.05, 0) is 67.9 Å². The molecule has 3 aromatic carbocycles. The van der Waals surface area contributed by atoms with Crippen LogP contribution in [0.25, 0.3) is 5.69 Å². The second-order valence-corrected chi connectivity index (χ2v) is 8.68. The number of aryl methyl sites for hydroxylation is 2. The summed E-state index contributed by atoms with van der Waals surface area (Å²) in [5, 5.41) is 12.2. The Morgan fingerprint density at radius 2 is 1.68 bits per heavy atom. The average molecular weight is 475 g/mol. The van der Waals surface area contributed by atoms with Crippen molar-refractivity contribution in [3.63, 3.8) is 0 Å². The van der Waals surface area contributed by atoms with Crippen LogP contribution in [0.2, 0.25) is 0 Å². The first-order chi connectivity index (χ1) is 16.5. The van der Waals surface area contributed by atoms with Crippen molar-refractivity contribution < 1.29 is 14.3 Å². The van der Waals surface area contributed by atoms with E-state index < -0.39 is 0 Å². The van der Waals surface area contributed by atoms with Gasteiger partial charge in [0.2, 0.25) is 5.91 Å². The van der Waals surface area contributed by atoms with Gasteiger partial charge in [0, 0.05) is 11.4 Å². The molecule has 8 heteroatoms. The third-order valence-electron chi connectivity index (χ3n) is 5.05. The van der Waals surface area contributed by atoms with Crippen LogP contribution < -0.4 is 14.8 Å². The molecular formula is C26H26N4O3S. The number of carbonyl (C=O) groups is 1. The van der Waals surface area contributed by atoms with E-state index in [0.29, 0.717) is 11.0 Å². The van der Waals surface area contributed by atoms with Crippen LogP contribution >= 0.6 is 11.8 Å². The Bertz CT molecular complexity index is 1250. The summed E-state index contributed by atoms with van der Waals surface area (Å²) >= 11 is 1.32. The molecule has 0 atom stereocenters. The average Bonchev–Trinajstić information content (AvgIpc) is 3.25. The Kier molecular flexibility index (Phi) is 7.49. The maximum absolute atomic E-state index is 12.5. The van der Waals surface area contributed by atoms with Crippen LogP contribution in [0.15, 0.2) is 78.0 Å². The van der Waals surface area contributed by atoms with Crippen molar-refractivity contribution in [3.05, 3.63) is 89.7 Å². The van der Waals surface area contributed by atoms with Crippen molar-refractivity contribution in [1.29, 1.82) is 0 Å². The molecule has 0 aliphatic heterocycles. The zero-order valence-electron chi connectivity index (χ0n) is 19.3. The quantitative estimate of drug-likeness (QED) is 0.336. The van der Waals surface area contributed by atoms with E-state index in [2.05, 4.69) is 15.5 Å². The molecule has 0 unspecified atom stereocenters. The Hall–Kier alpha value is -3.78. The Morgan fingerprint density at radius 3 is 2.38 bits per heavy atom. The van der Waals surface area contributed by atoms with Gasteiger partial charge in [-0.25, -0.2) is 0 Å². The molecule has 0 spiro atoms. The fraction of sp³-hybridized carbons (Fsp3) is 0.192. The standard InChI is InChI=1S/C26H26N4O3S/c1-18-7-11-23(12-8-18)33-16-24-28-29-26(30(24)21-9-13-22(32-3)14-10-21)34-17-25(31)27-20-6-4-5-19(2)15-20/h4-15H,16-17H2,1-3H3,(H,27,31). The highest BCUT2D eigenvalue weighted by Gasteiger charge is 2.17. The van der Waals surface area contributed by atoms with Crippen LogP contribution in [-0.4, -0.2) is 33.5 Å². The van der Waals surface area contributed by atoms with Gasteiger partial charge < -0.3 is 14.8 Å². The number of benzene rings is 3. The smallest absolute Gasteiger partial charge is 0.234 e. The summed E-state index contributed by atoms with van der Waals surface area (Å²) in [5.41, 5.74) is 3.88. The third-order valence-corrected chi connectivity index (χ3v) is 5.98. The van der Waals surface area contributed by atoms with Gasteiger partial charge in [0.05, 0.1) is 12.9 Å². The van der Waals surface area contributed by atoms with E-state index in [1.165, 1.54) is 11.8 Å². The molecule has 0 aliphatic carbocycles. The molecule has 0 radical (unpaired) electrons. The number of thioether (sulfide) groups is 1. The molecule has 4 rings (SSSR count). The molecule has 0 bridgehead atoms. The van der Waals surface area contributed by atoms with E-state index in [0.717, 1.165) is 34.0 Å². The van der Waals surface area contributed by atoms with Crippen LogP contribution in [-0.2, 0) is 11.4 Å². The van der Waals surface area contributed by atoms with E-state index in [-0.39, 0.29) is 18.3 Å². The van der Waals surface area contributed by atoms with E-state index >= 15 is 0 Å². The second-order valence-electron chi connectivity index (χ2n) is 7.74. The number of ether oxygens (including phenoxy) is 2. The van der Waals surface area contributed by atoms with Crippen LogP contribution in [0.3, 0.4) is 0 Å². The number of rotatable bonds is 9. The van der Waals surface area contributed by atoms with Gasteiger partial charge in [-0.2, -0.15) is 0 Å². The molecule has 4 aromatic rings. The summed E-state index contributed by atoms with van der Waals surface area (Å²) in [7, 11) is 1.63. The number of nitrogens with zero attached hydrogens (tertiary/aromatic N) is 3. The molecule has 174 valence electrons. The number of carbonyl (C=O) groups excluding carboxylic acids is 1. The Morgan fingerprint density at radius 1 is 0.941 bits per heavy atom. The highest BCUT2D eigenvalue weighted by atomic mass is 32.2. The lowest BCUT2D eigenvalue weighted by atomic mass is 10.2. The molecule has 0 fully saturated rings. The first-order valence-electron chi connectivity index (χ1n) is 10.8. The van der Waals surface area contributed by atoms with Crippen LogP contribution in [0.1, 0.15) is 17.0 Å². The minimum Gasteiger partial charge on any atom is -0.497 e. The zero-order chi connectivity index (χ0) is 23.9. The molecule has 7 nitrogen and oxygen atoms in total. The van der Waals surface area contributed by atoms with E-state index in [1.807, 2.05) is 91.2 Å². The number of anilines is 1. The molecular weight excluding hydrogens is 448 g/mol. The Balaban J connectivity index is 1.52. The Labute approximate surface area is 203 Å². The van der Waals surface area contributed by atoms with E-state index in [9.17, 15) is 4.79 Å². The van der Waals surface area contributed by atoms with Crippen LogP contribution in [0, 0.1) is 13.8 Å². The molecule has 1 heterocycles. The number of aromatic nitrogens is 3. The largest absolute Gasteiger partial charge is 0.497 e. The molecule has 1 amide bonds. The van der Waals surface area contributed by atoms with Crippen molar-refractivity contribution in [2.45, 2.75) is 25.6 Å². The topological polar surface area (TPSA) is 78.3 Å². The molecule has 34 heavy (non-hydrogen) atoms. The SMILES string of the molecule is COc1ccc(-n2c(COc3ccc(C)cc3)nnc2SCC(=O)Nc2cccc(C)c2)cc1. The van der Waals surface area contributed by atoms with Crippen molar-refractivity contribution in [3.8, 4) is 17.2 Å². The van der Waals surface area contributed by atoms with Gasteiger partial charge in [0.25, 0.3) is 0 Å². The number of hydrogen-bond donors (Lipinski definition) is 1. The lowest BCUT2D eigenvalue weighted by molar-refractivity contribution is -0.113. The fourth-order valence-corrected chi connectivity index (χ4v) is 4.08. The summed E-state index contributed by atoms with van der Waals surface area (Å²) in [4.78, 5) is 12.5. The van der Waals surface area contributed by atoms with Crippen molar-refractivity contribution in [2.75, 3.05) is 18.2 Å². The van der Waals surface area contributed by atoms with Crippen LogP contribution in [0.5, 0.6) is 11.5 Å². The highest BCUT2D eigenvalue weighted by Crippen LogP contribution is 2.25. The maximum Gasteiger partial charge on any atom is 0.234 e. The van der Waals surface area contributed by atoms with Gasteiger partial charge in [-0.1, -0.05) is 41.6 Å². The molecule has 1 aromatic heterocycles. The predicted octanol–water partition coefficient (Wildman–Crippen LogP) is 5.20. The summed E-state index contributed by atoms with van der Waals surface area (Å²) in [6, 6.07) is 23.2. The fourth-order valence-electron chi connectivity index (χ4n) is 3.31. The molecule has 0 saturated heterocycles. The number of amides is 1. The van der Waals surface area contributed by atoms with Crippen LogP contribution in [0.4, 0.5) is 5.69 Å². The predicted molar refractivity (Wildman–Crippen MR) is 134 cm³/mol. The first kappa shape index (κ1) is 23.4. The summed E-state index contributed by atoms with van der Waals surface area (Å²) in [6.07, 6.45) is 0. The van der Waals surface area contributed by atoms with Gasteiger partial charge in [0.1, 0.15) is 18.1 Å². The molecule has 1 N–H and O–H groups in total. The van der Waals surface area contributed by atoms with Crippen molar-refractivity contribution in [1.82, 2.24) is 14.8 Å². The minimum absolute atomic E-state index is 0.114. The van der Waals surface area contributed by atoms with E-state index in [1.54, 1.807) is 7.11 Å². The van der Waals surface area contributed by atoms with Crippen molar-refractivity contribution in [2.24, 2.45) is 0 Å². The molecule has 0 aliphatic rings. The number of methoxy groups -OCH3 is 1. The second kappa shape index (κ2) is 10.9. The third kappa shape index (κ3) is 5.96. The maximum atomic E-state index is 12.5. The molecule has 0 saturated carbocycles. The summed E-state index contributed by atoms with van der Waals surface area (Å²) in [6.45, 7) is 4.25.